The van der Waals surface area contributed by atoms with E-state index in [0.717, 1.165) is 5.57 Å². The summed E-state index contributed by atoms with van der Waals surface area (Å²) in [5.41, 5.74) is 0.880. The Kier molecular flexibility index (Phi) is 2.33. The number of allylic oxidation sites excluding steroid dienone is 3. The van der Waals surface area contributed by atoms with E-state index in [4.69, 9.17) is 0 Å². The quantitative estimate of drug-likeness (QED) is 0.632. The summed E-state index contributed by atoms with van der Waals surface area (Å²) in [6.45, 7) is 1.60. The van der Waals surface area contributed by atoms with Crippen LogP contribution in [-0.2, 0) is 4.79 Å². The van der Waals surface area contributed by atoms with Crippen molar-refractivity contribution < 1.29 is 4.79 Å². The summed E-state index contributed by atoms with van der Waals surface area (Å²) >= 11 is 0.0463. The summed E-state index contributed by atoms with van der Waals surface area (Å²) in [5, 5.41) is 0. The van der Waals surface area contributed by atoms with Crippen LogP contribution < -0.4 is 0 Å². The zero-order valence-electron chi connectivity index (χ0n) is 5.10. The Morgan fingerprint density at radius 3 is 2.78 bits per heavy atom. The predicted molar refractivity (Wildman–Crippen MR) is 48.0 cm³/mol. The van der Waals surface area contributed by atoms with Crippen molar-refractivity contribution in [2.75, 3.05) is 0 Å². The molecule has 1 aliphatic rings. The van der Waals surface area contributed by atoms with Crippen LogP contribution in [0.1, 0.15) is 6.92 Å². The molecule has 0 bridgehead atoms. The molecule has 0 aromatic carbocycles. The van der Waals surface area contributed by atoms with Crippen LogP contribution in [0.25, 0.3) is 0 Å². The Bertz CT molecular complexity index is 211. The Morgan fingerprint density at radius 1 is 1.67 bits per heavy atom. The van der Waals surface area contributed by atoms with E-state index >= 15 is 0 Å². The molecule has 0 radical (unpaired) electrons. The second-order valence-electron chi connectivity index (χ2n) is 1.73. The smallest absolute Gasteiger partial charge is 0.160 e. The fourth-order valence-electron chi connectivity index (χ4n) is 0.517. The zero-order chi connectivity index (χ0) is 6.69. The topological polar surface area (TPSA) is 17.1 Å². The SMILES string of the molecule is CC(=O)C1=CI=CC=C1. The molecule has 0 aromatic rings. The average molecular weight is 234 g/mol. The minimum atomic E-state index is 0.0463. The molecule has 0 atom stereocenters. The second-order valence-corrected chi connectivity index (χ2v) is 3.79. The Morgan fingerprint density at radius 2 is 2.44 bits per heavy atom. The van der Waals surface area contributed by atoms with Gasteiger partial charge in [0.1, 0.15) is 0 Å². The average Bonchev–Trinajstić information content (AvgIpc) is 1.90. The van der Waals surface area contributed by atoms with Crippen LogP contribution in [0.15, 0.2) is 21.8 Å². The fourth-order valence-corrected chi connectivity index (χ4v) is 2.21. The van der Waals surface area contributed by atoms with Crippen LogP contribution in [0.4, 0.5) is 0 Å². The van der Waals surface area contributed by atoms with Gasteiger partial charge in [-0.3, -0.25) is 4.79 Å². The summed E-state index contributed by atoms with van der Waals surface area (Å²) in [7, 11) is 0. The third kappa shape index (κ3) is 1.86. The molecule has 1 nitrogen and oxygen atoms in total. The van der Waals surface area contributed by atoms with Gasteiger partial charge in [-0.25, -0.2) is 0 Å². The molecule has 0 fully saturated rings. The van der Waals surface area contributed by atoms with Gasteiger partial charge in [0.2, 0.25) is 0 Å². The lowest BCUT2D eigenvalue weighted by molar-refractivity contribution is -0.113. The monoisotopic (exact) mass is 234 g/mol. The van der Waals surface area contributed by atoms with Crippen LogP contribution >= 0.6 is 20.7 Å². The zero-order valence-corrected chi connectivity index (χ0v) is 7.25. The summed E-state index contributed by atoms with van der Waals surface area (Å²) in [6.07, 6.45) is 3.83. The molecule has 0 spiro atoms. The summed E-state index contributed by atoms with van der Waals surface area (Å²) in [6, 6.07) is 0. The molecule has 0 N–H and O–H groups in total. The van der Waals surface area contributed by atoms with Gasteiger partial charge in [0.25, 0.3) is 0 Å². The highest BCUT2D eigenvalue weighted by Crippen LogP contribution is 2.11. The summed E-state index contributed by atoms with van der Waals surface area (Å²) in [5.74, 6) is 0.180. The largest absolute Gasteiger partial charge is 0.294 e. The van der Waals surface area contributed by atoms with Crippen LogP contribution in [0.5, 0.6) is 0 Å². The fraction of sp³-hybridized carbons (Fsp3) is 0.143. The number of hydrogen-bond acceptors (Lipinski definition) is 1. The molecule has 2 heteroatoms. The number of ketones is 1. The summed E-state index contributed by atoms with van der Waals surface area (Å²) in [4.78, 5) is 10.7. The predicted octanol–water partition coefficient (Wildman–Crippen LogP) is 1.80. The molecule has 9 heavy (non-hydrogen) atoms. The maximum Gasteiger partial charge on any atom is 0.160 e. The van der Waals surface area contributed by atoms with Crippen molar-refractivity contribution in [1.29, 1.82) is 0 Å². The van der Waals surface area contributed by atoms with E-state index in [1.807, 2.05) is 16.2 Å². The van der Waals surface area contributed by atoms with Crippen molar-refractivity contribution in [1.82, 2.24) is 0 Å². The number of hydrogen-bond donors (Lipinski definition) is 0. The van der Waals surface area contributed by atoms with E-state index < -0.39 is 0 Å². The van der Waals surface area contributed by atoms with Gasteiger partial charge in [-0.1, -0.05) is 32.9 Å². The van der Waals surface area contributed by atoms with Crippen LogP contribution in [0.3, 0.4) is 0 Å². The molecule has 0 aliphatic carbocycles. The molecule has 1 rings (SSSR count). The van der Waals surface area contributed by atoms with Crippen LogP contribution in [0, 0.1) is 0 Å². The second kappa shape index (κ2) is 3.06. The first-order valence-corrected chi connectivity index (χ1v) is 5.13. The lowest BCUT2D eigenvalue weighted by Crippen LogP contribution is -1.92. The van der Waals surface area contributed by atoms with E-state index in [9.17, 15) is 4.79 Å². The Balaban J connectivity index is 2.84. The molecule has 48 valence electrons. The normalized spacial score (nSPS) is 16.3. The number of halogens is 1. The molecular formula is C7H7IO. The molecule has 0 amide bonds. The number of carbonyl (C=O) groups excluding carboxylic acids is 1. The van der Waals surface area contributed by atoms with Gasteiger partial charge >= 0.3 is 0 Å². The van der Waals surface area contributed by atoms with Crippen molar-refractivity contribution in [2.24, 2.45) is 0 Å². The van der Waals surface area contributed by atoms with E-state index in [0.29, 0.717) is 0 Å². The molecule has 0 aromatic heterocycles. The molecule has 1 aliphatic heterocycles. The first kappa shape index (κ1) is 6.86. The lowest BCUT2D eigenvalue weighted by Gasteiger charge is -1.94. The number of Topliss-reactive ketones (excluding diaryl/α,β-unsaturated/α-hetero) is 1. The molecular weight excluding hydrogens is 227 g/mol. The Labute approximate surface area is 64.2 Å². The van der Waals surface area contributed by atoms with Gasteiger partial charge in [-0.05, 0) is 15.0 Å². The molecule has 0 saturated carbocycles. The first-order valence-electron chi connectivity index (χ1n) is 2.63. The van der Waals surface area contributed by atoms with Gasteiger partial charge in [0, 0.05) is 5.57 Å². The minimum absolute atomic E-state index is 0.0463. The van der Waals surface area contributed by atoms with Crippen molar-refractivity contribution >= 4 is 30.5 Å². The maximum atomic E-state index is 10.7. The highest BCUT2D eigenvalue weighted by atomic mass is 127. The van der Waals surface area contributed by atoms with E-state index in [1.165, 1.54) is 0 Å². The third-order valence-corrected chi connectivity index (χ3v) is 2.87. The van der Waals surface area contributed by atoms with Gasteiger partial charge in [-0.15, -0.1) is 0 Å². The van der Waals surface area contributed by atoms with Crippen molar-refractivity contribution in [3.8, 4) is 0 Å². The van der Waals surface area contributed by atoms with Crippen LogP contribution in [-0.4, -0.2) is 9.79 Å². The third-order valence-electron chi connectivity index (χ3n) is 1.01. The van der Waals surface area contributed by atoms with Gasteiger partial charge in [0.15, 0.2) is 5.78 Å². The number of rotatable bonds is 1. The highest BCUT2D eigenvalue weighted by molar-refractivity contribution is 14.2. The van der Waals surface area contributed by atoms with E-state index in [1.54, 1.807) is 6.92 Å². The molecule has 0 unspecified atom stereocenters. The van der Waals surface area contributed by atoms with Crippen LogP contribution in [0.2, 0.25) is 0 Å². The van der Waals surface area contributed by atoms with Crippen molar-refractivity contribution in [3.63, 3.8) is 0 Å². The van der Waals surface area contributed by atoms with Gasteiger partial charge in [0.05, 0.1) is 0 Å². The highest BCUT2D eigenvalue weighted by Gasteiger charge is 1.97. The standard InChI is InChI=1S/C7H7IO/c1-6(9)7-3-2-4-8-5-7/h2-5H,1H3. The molecule has 1 heterocycles. The maximum absolute atomic E-state index is 10.7. The van der Waals surface area contributed by atoms with Crippen molar-refractivity contribution in [3.05, 3.63) is 21.8 Å². The van der Waals surface area contributed by atoms with Gasteiger partial charge < -0.3 is 0 Å². The number of carbonyl (C=O) groups is 1. The minimum Gasteiger partial charge on any atom is -0.294 e. The van der Waals surface area contributed by atoms with Gasteiger partial charge in [-0.2, -0.15) is 0 Å². The van der Waals surface area contributed by atoms with Crippen molar-refractivity contribution in [2.45, 2.75) is 6.92 Å². The summed E-state index contributed by atoms with van der Waals surface area (Å²) < 4.78 is 4.17. The van der Waals surface area contributed by atoms with E-state index in [2.05, 4.69) is 4.01 Å². The lowest BCUT2D eigenvalue weighted by atomic mass is 10.2. The molecule has 0 saturated heterocycles. The van der Waals surface area contributed by atoms with E-state index in [-0.39, 0.29) is 26.5 Å². The first-order chi connectivity index (χ1) is 4.30. The Hall–Kier alpha value is -0.250.